The molecular formula is C11H4F11O. The maximum Gasteiger partial charge on any atom is 0.471 e. The van der Waals surface area contributed by atoms with Crippen molar-refractivity contribution < 1.29 is 53.0 Å². The second-order valence-electron chi connectivity index (χ2n) is 4.07. The van der Waals surface area contributed by atoms with Crippen LogP contribution in [-0.4, -0.2) is 30.1 Å². The highest BCUT2D eigenvalue weighted by molar-refractivity contribution is 5.20. The van der Waals surface area contributed by atoms with Gasteiger partial charge in [-0.3, -0.25) is 0 Å². The molecule has 0 unspecified atom stereocenters. The molecule has 0 fully saturated rings. The maximum atomic E-state index is 13.1. The van der Waals surface area contributed by atoms with Crippen LogP contribution in [-0.2, 0) is 0 Å². The molecule has 0 heterocycles. The SMILES string of the molecule is FC(F)(F)C(F)(F)C(F)(F)C(F)(F)C(F)(F)Oc1[c]cccc1. The molecule has 12 heteroatoms. The first-order valence-corrected chi connectivity index (χ1v) is 5.31. The van der Waals surface area contributed by atoms with Crippen molar-refractivity contribution in [3.8, 4) is 5.75 Å². The Morgan fingerprint density at radius 3 is 1.61 bits per heavy atom. The Hall–Kier alpha value is -1.75. The van der Waals surface area contributed by atoms with Crippen LogP contribution in [0.15, 0.2) is 24.3 Å². The van der Waals surface area contributed by atoms with Gasteiger partial charge < -0.3 is 4.74 Å². The molecule has 0 bridgehead atoms. The predicted molar refractivity (Wildman–Crippen MR) is 51.7 cm³/mol. The van der Waals surface area contributed by atoms with E-state index in [1.54, 1.807) is 6.07 Å². The number of para-hydroxylation sites is 1. The Labute approximate surface area is 120 Å². The van der Waals surface area contributed by atoms with Gasteiger partial charge in [0.15, 0.2) is 0 Å². The summed E-state index contributed by atoms with van der Waals surface area (Å²) in [5.74, 6) is -23.4. The number of rotatable bonds is 5. The molecule has 1 aromatic rings. The van der Waals surface area contributed by atoms with E-state index in [0.29, 0.717) is 6.07 Å². The number of ether oxygens (including phenoxy) is 1. The average Bonchev–Trinajstić information content (AvgIpc) is 2.37. The van der Waals surface area contributed by atoms with Crippen LogP contribution in [0.1, 0.15) is 0 Å². The lowest BCUT2D eigenvalue weighted by Crippen LogP contribution is -2.67. The number of alkyl halides is 11. The van der Waals surface area contributed by atoms with E-state index in [2.05, 4.69) is 4.74 Å². The van der Waals surface area contributed by atoms with E-state index in [1.165, 1.54) is 0 Å². The molecule has 1 aromatic carbocycles. The monoisotopic (exact) mass is 361 g/mol. The van der Waals surface area contributed by atoms with Gasteiger partial charge in [0.2, 0.25) is 0 Å². The molecule has 0 saturated carbocycles. The van der Waals surface area contributed by atoms with E-state index in [1.807, 2.05) is 0 Å². The maximum absolute atomic E-state index is 13.1. The predicted octanol–water partition coefficient (Wildman–Crippen LogP) is 4.93. The van der Waals surface area contributed by atoms with Crippen LogP contribution in [0.2, 0.25) is 0 Å². The highest BCUT2D eigenvalue weighted by Gasteiger charge is 2.88. The van der Waals surface area contributed by atoms with Gasteiger partial charge in [0, 0.05) is 6.07 Å². The zero-order chi connectivity index (χ0) is 18.3. The van der Waals surface area contributed by atoms with Crippen molar-refractivity contribution in [2.75, 3.05) is 0 Å². The number of halogens is 11. The van der Waals surface area contributed by atoms with Gasteiger partial charge >= 0.3 is 30.1 Å². The molecule has 23 heavy (non-hydrogen) atoms. The van der Waals surface area contributed by atoms with Gasteiger partial charge in [-0.15, -0.1) is 0 Å². The lowest BCUT2D eigenvalue weighted by atomic mass is 10.0. The van der Waals surface area contributed by atoms with Gasteiger partial charge in [-0.25, -0.2) is 0 Å². The van der Waals surface area contributed by atoms with E-state index < -0.39 is 35.8 Å². The van der Waals surface area contributed by atoms with Crippen molar-refractivity contribution in [2.45, 2.75) is 30.1 Å². The topological polar surface area (TPSA) is 9.23 Å². The van der Waals surface area contributed by atoms with Crippen molar-refractivity contribution in [1.82, 2.24) is 0 Å². The number of hydrogen-bond donors (Lipinski definition) is 0. The van der Waals surface area contributed by atoms with Gasteiger partial charge in [0.25, 0.3) is 0 Å². The summed E-state index contributed by atoms with van der Waals surface area (Å²) in [5.41, 5.74) is 0. The van der Waals surface area contributed by atoms with Crippen LogP contribution in [0.3, 0.4) is 0 Å². The van der Waals surface area contributed by atoms with Gasteiger partial charge in [0.05, 0.1) is 0 Å². The summed E-state index contributed by atoms with van der Waals surface area (Å²) in [7, 11) is 0. The van der Waals surface area contributed by atoms with Crippen LogP contribution in [0.25, 0.3) is 0 Å². The quantitative estimate of drug-likeness (QED) is 0.676. The molecule has 0 aliphatic carbocycles. The average molecular weight is 361 g/mol. The molecule has 0 aliphatic heterocycles. The molecule has 0 saturated heterocycles. The minimum absolute atomic E-state index is 0.518. The molecular weight excluding hydrogens is 357 g/mol. The van der Waals surface area contributed by atoms with E-state index in [-0.39, 0.29) is 0 Å². The molecule has 0 atom stereocenters. The fraction of sp³-hybridized carbons (Fsp3) is 0.455. The normalized spacial score (nSPS) is 14.7. The summed E-state index contributed by atoms with van der Waals surface area (Å²) in [5, 5.41) is 0. The van der Waals surface area contributed by atoms with Crippen molar-refractivity contribution in [3.05, 3.63) is 30.3 Å². The van der Waals surface area contributed by atoms with E-state index in [0.717, 1.165) is 18.2 Å². The second-order valence-corrected chi connectivity index (χ2v) is 4.07. The lowest BCUT2D eigenvalue weighted by Gasteiger charge is -2.36. The van der Waals surface area contributed by atoms with Crippen LogP contribution in [0.4, 0.5) is 48.3 Å². The van der Waals surface area contributed by atoms with Crippen molar-refractivity contribution in [3.63, 3.8) is 0 Å². The van der Waals surface area contributed by atoms with Gasteiger partial charge in [-0.1, -0.05) is 18.2 Å². The third-order valence-corrected chi connectivity index (χ3v) is 2.43. The summed E-state index contributed by atoms with van der Waals surface area (Å²) >= 11 is 0. The fourth-order valence-corrected chi connectivity index (χ4v) is 1.20. The van der Waals surface area contributed by atoms with Crippen LogP contribution in [0.5, 0.6) is 5.75 Å². The van der Waals surface area contributed by atoms with E-state index in [4.69, 9.17) is 0 Å². The Kier molecular flexibility index (Phi) is 4.54. The third kappa shape index (κ3) is 3.02. The molecule has 1 radical (unpaired) electrons. The van der Waals surface area contributed by atoms with Crippen LogP contribution >= 0.6 is 0 Å². The minimum atomic E-state index is -7.49. The standard InChI is InChI=1S/C11H4F11O/c12-7(13,8(14,15)10(18,19)20)9(16,17)11(21,22)23-6-4-2-1-3-5-6/h1-4H. The smallest absolute Gasteiger partial charge is 0.427 e. The Morgan fingerprint density at radius 1 is 0.696 bits per heavy atom. The lowest BCUT2D eigenvalue weighted by molar-refractivity contribution is -0.445. The van der Waals surface area contributed by atoms with Crippen molar-refractivity contribution in [2.24, 2.45) is 0 Å². The number of hydrogen-bond acceptors (Lipinski definition) is 1. The summed E-state index contributed by atoms with van der Waals surface area (Å²) in [6, 6.07) is 5.08. The highest BCUT2D eigenvalue weighted by Crippen LogP contribution is 2.57. The van der Waals surface area contributed by atoms with E-state index in [9.17, 15) is 48.3 Å². The highest BCUT2D eigenvalue weighted by atomic mass is 19.4. The van der Waals surface area contributed by atoms with Gasteiger partial charge in [-0.05, 0) is 6.07 Å². The van der Waals surface area contributed by atoms with Crippen molar-refractivity contribution >= 4 is 0 Å². The number of benzene rings is 1. The summed E-state index contributed by atoms with van der Waals surface area (Å²) in [6.45, 7) is 0. The Morgan fingerprint density at radius 2 is 1.22 bits per heavy atom. The van der Waals surface area contributed by atoms with Crippen molar-refractivity contribution in [1.29, 1.82) is 0 Å². The van der Waals surface area contributed by atoms with Crippen LogP contribution in [0, 0.1) is 6.07 Å². The molecule has 131 valence electrons. The summed E-state index contributed by atoms with van der Waals surface area (Å²) in [4.78, 5) is 0. The largest absolute Gasteiger partial charge is 0.471 e. The van der Waals surface area contributed by atoms with Gasteiger partial charge in [-0.2, -0.15) is 48.3 Å². The first kappa shape index (κ1) is 19.3. The molecule has 0 aliphatic rings. The third-order valence-electron chi connectivity index (χ3n) is 2.43. The Bertz CT molecular complexity index is 535. The summed E-state index contributed by atoms with van der Waals surface area (Å²) in [6.07, 6.45) is -13.6. The first-order chi connectivity index (χ1) is 10.1. The zero-order valence-corrected chi connectivity index (χ0v) is 10.4. The first-order valence-electron chi connectivity index (χ1n) is 5.31. The fourth-order valence-electron chi connectivity index (χ4n) is 1.20. The minimum Gasteiger partial charge on any atom is -0.427 e. The molecule has 0 spiro atoms. The summed E-state index contributed by atoms with van der Waals surface area (Å²) < 4.78 is 142. The van der Waals surface area contributed by atoms with Crippen LogP contribution < -0.4 is 4.74 Å². The molecule has 0 amide bonds. The molecule has 1 nitrogen and oxygen atoms in total. The zero-order valence-electron chi connectivity index (χ0n) is 10.4. The molecule has 0 aromatic heterocycles. The molecule has 1 rings (SSSR count). The Balaban J connectivity index is 3.26. The second kappa shape index (κ2) is 5.41. The molecule has 0 N–H and O–H groups in total. The van der Waals surface area contributed by atoms with E-state index >= 15 is 0 Å². The van der Waals surface area contributed by atoms with Gasteiger partial charge in [0.1, 0.15) is 5.75 Å².